The van der Waals surface area contributed by atoms with Crippen LogP contribution in [0.3, 0.4) is 0 Å². The number of terminal acetylenes is 1. The number of ether oxygens (including phenoxy) is 1. The van der Waals surface area contributed by atoms with Crippen LogP contribution in [0.15, 0.2) is 48.5 Å². The molecule has 0 saturated carbocycles. The number of anilines is 1. The molecule has 0 aliphatic rings. The minimum Gasteiger partial charge on any atom is -0.497 e. The molecule has 0 N–H and O–H groups in total. The zero-order valence-corrected chi connectivity index (χ0v) is 12.8. The number of halogens is 3. The molecule has 0 fully saturated rings. The molecular formula is C18H14F3NO2. The zero-order valence-electron chi connectivity index (χ0n) is 12.8. The Bertz CT molecular complexity index is 778. The topological polar surface area (TPSA) is 29.5 Å². The van der Waals surface area contributed by atoms with E-state index in [0.717, 1.165) is 0 Å². The third-order valence-electron chi connectivity index (χ3n) is 3.31. The number of nitrogens with zero attached hydrogens (tertiary/aromatic N) is 1. The molecule has 0 aromatic heterocycles. The molecule has 2 rings (SSSR count). The normalized spacial score (nSPS) is 10.8. The smallest absolute Gasteiger partial charge is 0.471 e. The number of hydrogen-bond donors (Lipinski definition) is 0. The van der Waals surface area contributed by atoms with Gasteiger partial charge in [-0.1, -0.05) is 30.2 Å². The van der Waals surface area contributed by atoms with E-state index in [0.29, 0.717) is 16.2 Å². The van der Waals surface area contributed by atoms with Crippen molar-refractivity contribution in [3.63, 3.8) is 0 Å². The van der Waals surface area contributed by atoms with Gasteiger partial charge in [0.25, 0.3) is 0 Å². The predicted octanol–water partition coefficient (Wildman–Crippen LogP) is 3.77. The summed E-state index contributed by atoms with van der Waals surface area (Å²) in [7, 11) is 1.45. The van der Waals surface area contributed by atoms with Gasteiger partial charge in [0.2, 0.25) is 0 Å². The molecule has 0 atom stereocenters. The van der Waals surface area contributed by atoms with Gasteiger partial charge < -0.3 is 4.74 Å². The quantitative estimate of drug-likeness (QED) is 0.797. The summed E-state index contributed by atoms with van der Waals surface area (Å²) < 4.78 is 44.1. The molecule has 0 aliphatic heterocycles. The maximum atomic E-state index is 13.0. The van der Waals surface area contributed by atoms with Crippen LogP contribution in [0.2, 0.25) is 0 Å². The average molecular weight is 333 g/mol. The Kier molecular flexibility index (Phi) is 5.14. The van der Waals surface area contributed by atoms with E-state index in [-0.39, 0.29) is 17.8 Å². The summed E-state index contributed by atoms with van der Waals surface area (Å²) in [6, 6.07) is 12.5. The van der Waals surface area contributed by atoms with Crippen molar-refractivity contribution in [3.8, 4) is 18.1 Å². The van der Waals surface area contributed by atoms with Crippen LogP contribution >= 0.6 is 0 Å². The van der Waals surface area contributed by atoms with Crippen molar-refractivity contribution in [2.45, 2.75) is 12.7 Å². The van der Waals surface area contributed by atoms with Gasteiger partial charge >= 0.3 is 12.1 Å². The minimum absolute atomic E-state index is 0.0325. The highest BCUT2D eigenvalue weighted by Crippen LogP contribution is 2.28. The molecule has 0 heterocycles. The first kappa shape index (κ1) is 17.4. The summed E-state index contributed by atoms with van der Waals surface area (Å²) in [5.74, 6) is 0.810. The monoisotopic (exact) mass is 333 g/mol. The maximum Gasteiger partial charge on any atom is 0.471 e. The van der Waals surface area contributed by atoms with Crippen LogP contribution in [0, 0.1) is 12.3 Å². The van der Waals surface area contributed by atoms with Gasteiger partial charge in [0.1, 0.15) is 5.75 Å². The minimum atomic E-state index is -5.01. The Morgan fingerprint density at radius 2 is 1.92 bits per heavy atom. The Morgan fingerprint density at radius 3 is 2.54 bits per heavy atom. The van der Waals surface area contributed by atoms with E-state index >= 15 is 0 Å². The number of amides is 1. The first-order valence-electron chi connectivity index (χ1n) is 6.94. The molecule has 3 nitrogen and oxygen atoms in total. The highest BCUT2D eigenvalue weighted by Gasteiger charge is 2.43. The predicted molar refractivity (Wildman–Crippen MR) is 84.6 cm³/mol. The third kappa shape index (κ3) is 3.87. The number of rotatable bonds is 4. The van der Waals surface area contributed by atoms with E-state index in [2.05, 4.69) is 5.92 Å². The number of carbonyl (C=O) groups excluding carboxylic acids is 1. The average Bonchev–Trinajstić information content (AvgIpc) is 2.58. The summed E-state index contributed by atoms with van der Waals surface area (Å²) in [5, 5.41) is 0. The molecule has 0 radical (unpaired) electrons. The molecule has 0 unspecified atom stereocenters. The van der Waals surface area contributed by atoms with Crippen molar-refractivity contribution in [2.75, 3.05) is 12.0 Å². The number of hydrogen-bond acceptors (Lipinski definition) is 2. The van der Waals surface area contributed by atoms with Crippen molar-refractivity contribution in [3.05, 3.63) is 59.7 Å². The Balaban J connectivity index is 2.47. The fraction of sp³-hybridized carbons (Fsp3) is 0.167. The van der Waals surface area contributed by atoms with Crippen LogP contribution in [0.25, 0.3) is 0 Å². The molecule has 6 heteroatoms. The van der Waals surface area contributed by atoms with Crippen LogP contribution in [-0.4, -0.2) is 19.2 Å². The zero-order chi connectivity index (χ0) is 17.7. The highest BCUT2D eigenvalue weighted by molar-refractivity contribution is 5.98. The van der Waals surface area contributed by atoms with Crippen molar-refractivity contribution in [2.24, 2.45) is 0 Å². The first-order chi connectivity index (χ1) is 11.4. The molecular weight excluding hydrogens is 319 g/mol. The van der Waals surface area contributed by atoms with Crippen LogP contribution in [0.4, 0.5) is 18.9 Å². The van der Waals surface area contributed by atoms with Gasteiger partial charge in [-0.05, 0) is 29.8 Å². The molecule has 0 spiro atoms. The summed E-state index contributed by atoms with van der Waals surface area (Å²) >= 11 is 0. The second-order valence-electron chi connectivity index (χ2n) is 4.90. The van der Waals surface area contributed by atoms with Crippen molar-refractivity contribution >= 4 is 11.6 Å². The SMILES string of the molecule is C#Cc1ccccc1N(Cc1cccc(OC)c1)C(=O)C(F)(F)F. The number of benzene rings is 2. The molecule has 1 amide bonds. The maximum absolute atomic E-state index is 13.0. The van der Waals surface area contributed by atoms with Gasteiger partial charge in [0.05, 0.1) is 19.3 Å². The Morgan fingerprint density at radius 1 is 1.21 bits per heavy atom. The molecule has 0 aliphatic carbocycles. The van der Waals surface area contributed by atoms with Crippen LogP contribution < -0.4 is 9.64 Å². The lowest BCUT2D eigenvalue weighted by molar-refractivity contribution is -0.170. The fourth-order valence-electron chi connectivity index (χ4n) is 2.20. The lowest BCUT2D eigenvalue weighted by Gasteiger charge is -2.25. The summed E-state index contributed by atoms with van der Waals surface area (Å²) in [6.45, 7) is -0.283. The van der Waals surface area contributed by atoms with E-state index < -0.39 is 12.1 Å². The van der Waals surface area contributed by atoms with E-state index in [4.69, 9.17) is 11.2 Å². The third-order valence-corrected chi connectivity index (χ3v) is 3.31. The summed E-state index contributed by atoms with van der Waals surface area (Å²) in [6.07, 6.45) is 0.334. The Hall–Kier alpha value is -2.94. The van der Waals surface area contributed by atoms with E-state index in [1.807, 2.05) is 0 Å². The van der Waals surface area contributed by atoms with Crippen molar-refractivity contribution < 1.29 is 22.7 Å². The molecule has 0 saturated heterocycles. The lowest BCUT2D eigenvalue weighted by atomic mass is 10.1. The Labute approximate surface area is 137 Å². The standard InChI is InChI=1S/C18H14F3NO2/c1-3-14-8-4-5-10-16(14)22(17(23)18(19,20)21)12-13-7-6-9-15(11-13)24-2/h1,4-11H,12H2,2H3. The lowest BCUT2D eigenvalue weighted by Crippen LogP contribution is -2.41. The highest BCUT2D eigenvalue weighted by atomic mass is 19.4. The molecule has 0 bridgehead atoms. The summed E-state index contributed by atoms with van der Waals surface area (Å²) in [5.41, 5.74) is 0.724. The van der Waals surface area contributed by atoms with Gasteiger partial charge in [0.15, 0.2) is 0 Å². The largest absolute Gasteiger partial charge is 0.497 e. The van der Waals surface area contributed by atoms with E-state index in [9.17, 15) is 18.0 Å². The van der Waals surface area contributed by atoms with Crippen LogP contribution in [0.5, 0.6) is 5.75 Å². The summed E-state index contributed by atoms with van der Waals surface area (Å²) in [4.78, 5) is 12.5. The van der Waals surface area contributed by atoms with Crippen molar-refractivity contribution in [1.29, 1.82) is 0 Å². The van der Waals surface area contributed by atoms with Crippen LogP contribution in [-0.2, 0) is 11.3 Å². The van der Waals surface area contributed by atoms with Gasteiger partial charge in [-0.3, -0.25) is 9.69 Å². The van der Waals surface area contributed by atoms with Crippen LogP contribution in [0.1, 0.15) is 11.1 Å². The number of alkyl halides is 3. The second-order valence-corrected chi connectivity index (χ2v) is 4.90. The number of para-hydroxylation sites is 1. The van der Waals surface area contributed by atoms with Crippen molar-refractivity contribution in [1.82, 2.24) is 0 Å². The van der Waals surface area contributed by atoms with E-state index in [1.165, 1.54) is 25.3 Å². The number of methoxy groups -OCH3 is 1. The van der Waals surface area contributed by atoms with Gasteiger partial charge in [-0.25, -0.2) is 0 Å². The second kappa shape index (κ2) is 7.09. The van der Waals surface area contributed by atoms with E-state index in [1.54, 1.807) is 30.3 Å². The number of carbonyl (C=O) groups is 1. The van der Waals surface area contributed by atoms with Gasteiger partial charge in [0, 0.05) is 5.56 Å². The van der Waals surface area contributed by atoms with Gasteiger partial charge in [-0.15, -0.1) is 6.42 Å². The molecule has 124 valence electrons. The molecule has 2 aromatic carbocycles. The van der Waals surface area contributed by atoms with Gasteiger partial charge in [-0.2, -0.15) is 13.2 Å². The fourth-order valence-corrected chi connectivity index (χ4v) is 2.20. The molecule has 2 aromatic rings. The first-order valence-corrected chi connectivity index (χ1v) is 6.94. The molecule has 24 heavy (non-hydrogen) atoms.